The van der Waals surface area contributed by atoms with Gasteiger partial charge in [-0.1, -0.05) is 43.7 Å². The molecule has 0 saturated carbocycles. The number of amides is 1. The highest BCUT2D eigenvalue weighted by Gasteiger charge is 2.10. The molecule has 0 aliphatic rings. The van der Waals surface area contributed by atoms with Gasteiger partial charge in [0, 0.05) is 12.6 Å². The number of carbonyl (C=O) groups excluding carboxylic acids is 2. The van der Waals surface area contributed by atoms with Gasteiger partial charge < -0.3 is 10.1 Å². The number of nitrogens with one attached hydrogen (secondary N) is 1. The summed E-state index contributed by atoms with van der Waals surface area (Å²) in [4.78, 5) is 23.0. The minimum atomic E-state index is -0.435. The van der Waals surface area contributed by atoms with Crippen LogP contribution < -0.4 is 5.32 Å². The van der Waals surface area contributed by atoms with Crippen LogP contribution in [0.1, 0.15) is 36.7 Å². The lowest BCUT2D eigenvalue weighted by molar-refractivity contribution is -0.114. The summed E-state index contributed by atoms with van der Waals surface area (Å²) in [5.74, 6) is -0.623. The van der Waals surface area contributed by atoms with Crippen LogP contribution in [0.5, 0.6) is 0 Å². The van der Waals surface area contributed by atoms with Crippen LogP contribution in [0.2, 0.25) is 0 Å². The fourth-order valence-corrected chi connectivity index (χ4v) is 2.05. The number of hydrogen-bond donors (Lipinski definition) is 1. The third kappa shape index (κ3) is 5.25. The zero-order chi connectivity index (χ0) is 17.4. The second-order valence-electron chi connectivity index (χ2n) is 4.84. The van der Waals surface area contributed by atoms with Gasteiger partial charge in [0.1, 0.15) is 0 Å². The molecule has 0 fully saturated rings. The number of methoxy groups -OCH3 is 1. The van der Waals surface area contributed by atoms with Crippen LogP contribution in [0, 0.1) is 6.92 Å². The minimum absolute atomic E-state index is 0.188. The Bertz CT molecular complexity index is 676. The molecule has 1 amide bonds. The molecule has 4 heteroatoms. The topological polar surface area (TPSA) is 55.4 Å². The predicted molar refractivity (Wildman–Crippen MR) is 93.6 cm³/mol. The molecule has 4 nitrogen and oxygen atoms in total. The van der Waals surface area contributed by atoms with Gasteiger partial charge in [0.25, 0.3) is 0 Å². The van der Waals surface area contributed by atoms with Gasteiger partial charge in [-0.15, -0.1) is 0 Å². The average Bonchev–Trinajstić information content (AvgIpc) is 2.55. The molecule has 0 aromatic heterocycles. The van der Waals surface area contributed by atoms with Gasteiger partial charge in [-0.05, 0) is 36.2 Å². The van der Waals surface area contributed by atoms with Gasteiger partial charge in [0.2, 0.25) is 5.91 Å². The average molecular weight is 313 g/mol. The molecule has 0 unspecified atom stereocenters. The van der Waals surface area contributed by atoms with Crippen LogP contribution >= 0.6 is 0 Å². The number of ether oxygens (including phenoxy) is 1. The van der Waals surface area contributed by atoms with Gasteiger partial charge in [0.15, 0.2) is 0 Å². The summed E-state index contributed by atoms with van der Waals surface area (Å²) in [5.41, 5.74) is 3.95. The van der Waals surface area contributed by atoms with E-state index in [2.05, 4.69) is 5.32 Å². The SMILES string of the molecule is CC.COC(=O)c1cc(NC(C)=O)cc(-c2ccc(C)cc2)c1. The number of carbonyl (C=O) groups is 2. The van der Waals surface area contributed by atoms with Crippen LogP contribution in [-0.2, 0) is 9.53 Å². The number of rotatable bonds is 3. The summed E-state index contributed by atoms with van der Waals surface area (Å²) >= 11 is 0. The van der Waals surface area contributed by atoms with Crippen molar-refractivity contribution in [3.05, 3.63) is 53.6 Å². The molecule has 0 radical (unpaired) electrons. The normalized spacial score (nSPS) is 9.43. The number of benzene rings is 2. The van der Waals surface area contributed by atoms with E-state index in [-0.39, 0.29) is 5.91 Å². The molecule has 2 aromatic rings. The molecular weight excluding hydrogens is 290 g/mol. The lowest BCUT2D eigenvalue weighted by atomic mass is 10.0. The summed E-state index contributed by atoms with van der Waals surface area (Å²) in [6.45, 7) is 7.44. The Kier molecular flexibility index (Phi) is 7.00. The predicted octanol–water partition coefficient (Wildman–Crippen LogP) is 4.43. The summed E-state index contributed by atoms with van der Waals surface area (Å²) < 4.78 is 4.75. The van der Waals surface area contributed by atoms with Crippen LogP contribution in [0.25, 0.3) is 11.1 Å². The van der Waals surface area contributed by atoms with E-state index in [1.54, 1.807) is 12.1 Å². The second-order valence-corrected chi connectivity index (χ2v) is 4.84. The van der Waals surface area contributed by atoms with E-state index in [0.29, 0.717) is 11.3 Å². The van der Waals surface area contributed by atoms with E-state index in [4.69, 9.17) is 4.74 Å². The van der Waals surface area contributed by atoms with Gasteiger partial charge in [-0.2, -0.15) is 0 Å². The minimum Gasteiger partial charge on any atom is -0.465 e. The van der Waals surface area contributed by atoms with E-state index in [0.717, 1.165) is 16.7 Å². The van der Waals surface area contributed by atoms with Crippen LogP contribution in [0.4, 0.5) is 5.69 Å². The smallest absolute Gasteiger partial charge is 0.337 e. The molecule has 2 aromatic carbocycles. The Labute approximate surface area is 137 Å². The molecule has 0 bridgehead atoms. The van der Waals surface area contributed by atoms with Crippen LogP contribution in [-0.4, -0.2) is 19.0 Å². The van der Waals surface area contributed by atoms with E-state index in [1.807, 2.05) is 51.1 Å². The molecule has 1 N–H and O–H groups in total. The van der Waals surface area contributed by atoms with Gasteiger partial charge in [-0.3, -0.25) is 4.79 Å². The zero-order valence-corrected chi connectivity index (χ0v) is 14.3. The lowest BCUT2D eigenvalue weighted by Crippen LogP contribution is -2.08. The molecule has 122 valence electrons. The third-order valence-corrected chi connectivity index (χ3v) is 3.06. The van der Waals surface area contributed by atoms with Gasteiger partial charge in [0.05, 0.1) is 12.7 Å². The molecular formula is C19H23NO3. The van der Waals surface area contributed by atoms with Crippen LogP contribution in [0.3, 0.4) is 0 Å². The Morgan fingerprint density at radius 2 is 1.57 bits per heavy atom. The monoisotopic (exact) mass is 313 g/mol. The van der Waals surface area contributed by atoms with E-state index in [9.17, 15) is 9.59 Å². The first kappa shape index (κ1) is 18.4. The number of esters is 1. The number of hydrogen-bond acceptors (Lipinski definition) is 3. The van der Waals surface area contributed by atoms with Crippen molar-refractivity contribution < 1.29 is 14.3 Å². The fourth-order valence-electron chi connectivity index (χ4n) is 2.05. The lowest BCUT2D eigenvalue weighted by Gasteiger charge is -2.10. The Hall–Kier alpha value is -2.62. The molecule has 0 saturated heterocycles. The van der Waals surface area contributed by atoms with E-state index >= 15 is 0 Å². The van der Waals surface area contributed by atoms with E-state index < -0.39 is 5.97 Å². The van der Waals surface area contributed by atoms with Crippen molar-refractivity contribution in [3.63, 3.8) is 0 Å². The maximum Gasteiger partial charge on any atom is 0.337 e. The number of anilines is 1. The highest BCUT2D eigenvalue weighted by Crippen LogP contribution is 2.25. The summed E-state index contributed by atoms with van der Waals surface area (Å²) in [5, 5.41) is 2.70. The van der Waals surface area contributed by atoms with Crippen molar-refractivity contribution in [1.82, 2.24) is 0 Å². The number of aryl methyl sites for hydroxylation is 1. The first-order chi connectivity index (χ1) is 11.0. The van der Waals surface area contributed by atoms with Crippen molar-refractivity contribution >= 4 is 17.6 Å². The summed E-state index contributed by atoms with van der Waals surface area (Å²) in [6, 6.07) is 13.1. The first-order valence-electron chi connectivity index (χ1n) is 7.57. The fraction of sp³-hybridized carbons (Fsp3) is 0.263. The third-order valence-electron chi connectivity index (χ3n) is 3.06. The quantitative estimate of drug-likeness (QED) is 0.853. The molecule has 0 heterocycles. The highest BCUT2D eigenvalue weighted by molar-refractivity contribution is 5.95. The second kappa shape index (κ2) is 8.73. The molecule has 0 aliphatic carbocycles. The maximum absolute atomic E-state index is 11.8. The first-order valence-corrected chi connectivity index (χ1v) is 7.57. The molecule has 0 spiro atoms. The van der Waals surface area contributed by atoms with Crippen LogP contribution in [0.15, 0.2) is 42.5 Å². The highest BCUT2D eigenvalue weighted by atomic mass is 16.5. The maximum atomic E-state index is 11.8. The largest absolute Gasteiger partial charge is 0.465 e. The molecule has 23 heavy (non-hydrogen) atoms. The molecule has 0 aliphatic heterocycles. The van der Waals surface area contributed by atoms with Crippen molar-refractivity contribution in [2.24, 2.45) is 0 Å². The Balaban J connectivity index is 0.00000127. The van der Waals surface area contributed by atoms with Crippen molar-refractivity contribution in [2.45, 2.75) is 27.7 Å². The van der Waals surface area contributed by atoms with Crippen molar-refractivity contribution in [2.75, 3.05) is 12.4 Å². The van der Waals surface area contributed by atoms with Crippen molar-refractivity contribution in [3.8, 4) is 11.1 Å². The Morgan fingerprint density at radius 3 is 2.09 bits per heavy atom. The summed E-state index contributed by atoms with van der Waals surface area (Å²) in [6.07, 6.45) is 0. The van der Waals surface area contributed by atoms with Gasteiger partial charge in [-0.25, -0.2) is 4.79 Å². The standard InChI is InChI=1S/C17H17NO3.C2H6/c1-11-4-6-13(7-5-11)14-8-15(17(20)21-3)10-16(9-14)18-12(2)19;1-2/h4-10H,1-3H3,(H,18,19);1-2H3. The van der Waals surface area contributed by atoms with Crippen molar-refractivity contribution in [1.29, 1.82) is 0 Å². The Morgan fingerprint density at radius 1 is 0.957 bits per heavy atom. The van der Waals surface area contributed by atoms with Gasteiger partial charge >= 0.3 is 5.97 Å². The summed E-state index contributed by atoms with van der Waals surface area (Å²) in [7, 11) is 1.33. The molecule has 2 rings (SSSR count). The molecule has 0 atom stereocenters. The van der Waals surface area contributed by atoms with E-state index in [1.165, 1.54) is 14.0 Å². The zero-order valence-electron chi connectivity index (χ0n) is 14.3.